The number of nitrogens with two attached hydrogens (primary N) is 1. The number of anilines is 1. The molecule has 21 heavy (non-hydrogen) atoms. The van der Waals surface area contributed by atoms with Crippen LogP contribution >= 0.6 is 0 Å². The molecule has 2 aromatic carbocycles. The highest BCUT2D eigenvalue weighted by molar-refractivity contribution is 5.75. The molecule has 3 rings (SSSR count). The maximum absolute atomic E-state index is 13.2. The third kappa shape index (κ3) is 2.91. The van der Waals surface area contributed by atoms with Crippen LogP contribution in [0.15, 0.2) is 54.9 Å². The summed E-state index contributed by atoms with van der Waals surface area (Å²) in [5.74, 6) is -1.19. The summed E-state index contributed by atoms with van der Waals surface area (Å²) in [5.41, 5.74) is 8.84. The first kappa shape index (κ1) is 13.3. The number of benzene rings is 2. The van der Waals surface area contributed by atoms with E-state index in [-0.39, 0.29) is 0 Å². The summed E-state index contributed by atoms with van der Waals surface area (Å²) in [7, 11) is 0. The van der Waals surface area contributed by atoms with E-state index in [0.29, 0.717) is 17.8 Å². The fraction of sp³-hybridized carbons (Fsp3) is 0.0625. The molecule has 3 aromatic rings. The van der Waals surface area contributed by atoms with Gasteiger partial charge in [-0.2, -0.15) is 5.10 Å². The predicted octanol–water partition coefficient (Wildman–Crippen LogP) is 3.46. The Morgan fingerprint density at radius 2 is 1.76 bits per heavy atom. The highest BCUT2D eigenvalue weighted by atomic mass is 19.1. The highest BCUT2D eigenvalue weighted by Crippen LogP contribution is 2.24. The molecule has 2 N–H and O–H groups in total. The lowest BCUT2D eigenvalue weighted by Gasteiger charge is -2.03. The molecule has 0 atom stereocenters. The fourth-order valence-electron chi connectivity index (χ4n) is 2.24. The average Bonchev–Trinajstić information content (AvgIpc) is 2.86. The van der Waals surface area contributed by atoms with Crippen molar-refractivity contribution in [1.82, 2.24) is 9.78 Å². The van der Waals surface area contributed by atoms with E-state index in [1.165, 1.54) is 12.1 Å². The number of aromatic nitrogens is 2. The van der Waals surface area contributed by atoms with E-state index in [2.05, 4.69) is 5.10 Å². The van der Waals surface area contributed by atoms with Crippen LogP contribution in [0.25, 0.3) is 11.1 Å². The predicted molar refractivity (Wildman–Crippen MR) is 77.5 cm³/mol. The van der Waals surface area contributed by atoms with E-state index in [9.17, 15) is 8.78 Å². The van der Waals surface area contributed by atoms with Crippen LogP contribution in [0.3, 0.4) is 0 Å². The molecule has 1 heterocycles. The Morgan fingerprint density at radius 1 is 1.05 bits per heavy atom. The Labute approximate surface area is 120 Å². The number of halogens is 2. The van der Waals surface area contributed by atoms with Crippen LogP contribution in [0.4, 0.5) is 14.5 Å². The summed E-state index contributed by atoms with van der Waals surface area (Å²) in [6.07, 6.45) is 3.48. The van der Waals surface area contributed by atoms with Crippen LogP contribution in [0.5, 0.6) is 0 Å². The van der Waals surface area contributed by atoms with Crippen LogP contribution < -0.4 is 5.73 Å². The van der Waals surface area contributed by atoms with Crippen molar-refractivity contribution < 1.29 is 8.78 Å². The lowest BCUT2D eigenvalue weighted by Crippen LogP contribution is -2.01. The lowest BCUT2D eigenvalue weighted by atomic mass is 10.1. The van der Waals surface area contributed by atoms with Gasteiger partial charge in [0.2, 0.25) is 0 Å². The minimum Gasteiger partial charge on any atom is -0.398 e. The number of nitrogens with zero attached hydrogens (tertiary/aromatic N) is 2. The topological polar surface area (TPSA) is 43.8 Å². The van der Waals surface area contributed by atoms with E-state index in [1.54, 1.807) is 17.1 Å². The number of para-hydroxylation sites is 1. The molecule has 5 heteroatoms. The van der Waals surface area contributed by atoms with Gasteiger partial charge in [0.15, 0.2) is 0 Å². The van der Waals surface area contributed by atoms with Gasteiger partial charge < -0.3 is 5.73 Å². The normalized spacial score (nSPS) is 10.8. The number of hydrogen-bond acceptors (Lipinski definition) is 2. The maximum atomic E-state index is 13.2. The van der Waals surface area contributed by atoms with Gasteiger partial charge >= 0.3 is 0 Å². The summed E-state index contributed by atoms with van der Waals surface area (Å²) in [5, 5.41) is 4.20. The minimum atomic E-state index is -0.593. The van der Waals surface area contributed by atoms with Gasteiger partial charge in [-0.05, 0) is 23.8 Å². The van der Waals surface area contributed by atoms with Crippen molar-refractivity contribution >= 4 is 5.69 Å². The van der Waals surface area contributed by atoms with Crippen molar-refractivity contribution in [1.29, 1.82) is 0 Å². The van der Waals surface area contributed by atoms with Crippen LogP contribution in [-0.2, 0) is 6.54 Å². The number of rotatable bonds is 3. The Hall–Kier alpha value is -2.69. The van der Waals surface area contributed by atoms with Gasteiger partial charge in [0.05, 0.1) is 12.7 Å². The molecule has 0 aliphatic rings. The third-order valence-corrected chi connectivity index (χ3v) is 3.17. The monoisotopic (exact) mass is 285 g/mol. The van der Waals surface area contributed by atoms with E-state index in [1.807, 2.05) is 24.3 Å². The van der Waals surface area contributed by atoms with Crippen molar-refractivity contribution in [3.05, 3.63) is 72.1 Å². The minimum absolute atomic E-state index is 0.293. The van der Waals surface area contributed by atoms with Crippen LogP contribution in [0.2, 0.25) is 0 Å². The van der Waals surface area contributed by atoms with Crippen molar-refractivity contribution in [2.75, 3.05) is 5.73 Å². The zero-order valence-electron chi connectivity index (χ0n) is 11.1. The van der Waals surface area contributed by atoms with E-state index >= 15 is 0 Å². The molecule has 106 valence electrons. The SMILES string of the molecule is Nc1ccccc1-c1cnn(Cc2cc(F)cc(F)c2)c1. The van der Waals surface area contributed by atoms with Gasteiger partial charge in [0.25, 0.3) is 0 Å². The maximum Gasteiger partial charge on any atom is 0.126 e. The Balaban J connectivity index is 1.87. The van der Waals surface area contributed by atoms with Gasteiger partial charge in [-0.3, -0.25) is 4.68 Å². The smallest absolute Gasteiger partial charge is 0.126 e. The number of hydrogen-bond donors (Lipinski definition) is 1. The average molecular weight is 285 g/mol. The van der Waals surface area contributed by atoms with E-state index in [4.69, 9.17) is 5.73 Å². The summed E-state index contributed by atoms with van der Waals surface area (Å²) >= 11 is 0. The quantitative estimate of drug-likeness (QED) is 0.749. The largest absolute Gasteiger partial charge is 0.398 e. The highest BCUT2D eigenvalue weighted by Gasteiger charge is 2.06. The molecule has 0 bridgehead atoms. The second kappa shape index (κ2) is 5.36. The van der Waals surface area contributed by atoms with Gasteiger partial charge in [-0.15, -0.1) is 0 Å². The van der Waals surface area contributed by atoms with Gasteiger partial charge in [-0.1, -0.05) is 18.2 Å². The molecule has 0 amide bonds. The standard InChI is InChI=1S/C16H13F2N3/c17-13-5-11(6-14(18)7-13)9-21-10-12(8-20-21)15-3-1-2-4-16(15)19/h1-8,10H,9,19H2. The molecule has 0 radical (unpaired) electrons. The van der Waals surface area contributed by atoms with Crippen LogP contribution in [-0.4, -0.2) is 9.78 Å². The summed E-state index contributed by atoms with van der Waals surface area (Å²) in [4.78, 5) is 0. The molecule has 0 saturated carbocycles. The first-order valence-corrected chi connectivity index (χ1v) is 6.44. The van der Waals surface area contributed by atoms with Crippen molar-refractivity contribution in [3.63, 3.8) is 0 Å². The van der Waals surface area contributed by atoms with Gasteiger partial charge in [0.1, 0.15) is 11.6 Å². The van der Waals surface area contributed by atoms with Crippen molar-refractivity contribution in [2.24, 2.45) is 0 Å². The first-order valence-electron chi connectivity index (χ1n) is 6.44. The molecule has 0 fully saturated rings. The first-order chi connectivity index (χ1) is 10.1. The second-order valence-corrected chi connectivity index (χ2v) is 4.79. The fourth-order valence-corrected chi connectivity index (χ4v) is 2.24. The summed E-state index contributed by atoms with van der Waals surface area (Å²) in [6, 6.07) is 10.9. The molecule has 0 unspecified atom stereocenters. The molecule has 0 aliphatic heterocycles. The second-order valence-electron chi connectivity index (χ2n) is 4.79. The molecule has 1 aromatic heterocycles. The van der Waals surface area contributed by atoms with Gasteiger partial charge in [0, 0.05) is 29.1 Å². The Kier molecular flexibility index (Phi) is 3.39. The Bertz CT molecular complexity index is 760. The molecular formula is C16H13F2N3. The Morgan fingerprint density at radius 3 is 2.48 bits per heavy atom. The molecule has 0 spiro atoms. The van der Waals surface area contributed by atoms with Crippen LogP contribution in [0.1, 0.15) is 5.56 Å². The molecular weight excluding hydrogens is 272 g/mol. The third-order valence-electron chi connectivity index (χ3n) is 3.17. The van der Waals surface area contributed by atoms with Gasteiger partial charge in [-0.25, -0.2) is 8.78 Å². The van der Waals surface area contributed by atoms with Crippen LogP contribution in [0, 0.1) is 11.6 Å². The molecule has 0 saturated heterocycles. The summed E-state index contributed by atoms with van der Waals surface area (Å²) in [6.45, 7) is 0.293. The lowest BCUT2D eigenvalue weighted by molar-refractivity contribution is 0.574. The number of nitrogen functional groups attached to an aromatic ring is 1. The van der Waals surface area contributed by atoms with Crippen molar-refractivity contribution in [3.8, 4) is 11.1 Å². The van der Waals surface area contributed by atoms with E-state index in [0.717, 1.165) is 17.2 Å². The molecule has 3 nitrogen and oxygen atoms in total. The zero-order chi connectivity index (χ0) is 14.8. The van der Waals surface area contributed by atoms with E-state index < -0.39 is 11.6 Å². The zero-order valence-corrected chi connectivity index (χ0v) is 11.1. The summed E-state index contributed by atoms with van der Waals surface area (Å²) < 4.78 is 28.0. The van der Waals surface area contributed by atoms with Crippen molar-refractivity contribution in [2.45, 2.75) is 6.54 Å². The molecule has 0 aliphatic carbocycles.